The van der Waals surface area contributed by atoms with Crippen LogP contribution in [0.5, 0.6) is 5.75 Å². The number of amides is 1. The number of unbranched alkanes of at least 4 members (excludes halogenated alkanes) is 1. The Labute approximate surface area is 145 Å². The molecule has 0 saturated heterocycles. The van der Waals surface area contributed by atoms with Gasteiger partial charge in [-0.25, -0.2) is 4.68 Å². The van der Waals surface area contributed by atoms with Gasteiger partial charge in [0.2, 0.25) is 0 Å². The Morgan fingerprint density at radius 1 is 1.38 bits per heavy atom. The highest BCUT2D eigenvalue weighted by molar-refractivity contribution is 6.31. The fourth-order valence-electron chi connectivity index (χ4n) is 2.15. The number of rotatable bonds is 6. The van der Waals surface area contributed by atoms with Crippen LogP contribution in [0.2, 0.25) is 5.02 Å². The SMILES string of the molecule is CCCCn1nc(C(=O)Nc2cc(C)c(Cl)cc2OC)ccc1=O. The summed E-state index contributed by atoms with van der Waals surface area (Å²) in [5.74, 6) is 0.0403. The van der Waals surface area contributed by atoms with E-state index in [1.54, 1.807) is 12.1 Å². The van der Waals surface area contributed by atoms with Gasteiger partial charge >= 0.3 is 0 Å². The first-order chi connectivity index (χ1) is 11.5. The predicted molar refractivity (Wildman–Crippen MR) is 94.1 cm³/mol. The second-order valence-corrected chi connectivity index (χ2v) is 5.80. The molecule has 1 heterocycles. The molecule has 2 aromatic rings. The molecular weight excluding hydrogens is 330 g/mol. The fraction of sp³-hybridized carbons (Fsp3) is 0.353. The van der Waals surface area contributed by atoms with Crippen LogP contribution in [0.3, 0.4) is 0 Å². The molecule has 1 aromatic heterocycles. The molecule has 0 aliphatic rings. The Kier molecular flexibility index (Phi) is 5.98. The molecule has 0 aliphatic heterocycles. The lowest BCUT2D eigenvalue weighted by Crippen LogP contribution is -2.26. The third-order valence-corrected chi connectivity index (χ3v) is 3.96. The van der Waals surface area contributed by atoms with Crippen LogP contribution in [0.4, 0.5) is 5.69 Å². The molecule has 2 rings (SSSR count). The average Bonchev–Trinajstić information content (AvgIpc) is 2.57. The Morgan fingerprint density at radius 3 is 2.79 bits per heavy atom. The molecule has 24 heavy (non-hydrogen) atoms. The van der Waals surface area contributed by atoms with E-state index in [-0.39, 0.29) is 11.3 Å². The predicted octanol–water partition coefficient (Wildman–Crippen LogP) is 3.27. The van der Waals surface area contributed by atoms with Gasteiger partial charge in [-0.15, -0.1) is 0 Å². The lowest BCUT2D eigenvalue weighted by molar-refractivity contribution is 0.101. The normalized spacial score (nSPS) is 10.5. The summed E-state index contributed by atoms with van der Waals surface area (Å²) >= 11 is 6.06. The highest BCUT2D eigenvalue weighted by Gasteiger charge is 2.14. The van der Waals surface area contributed by atoms with Crippen molar-refractivity contribution >= 4 is 23.2 Å². The maximum absolute atomic E-state index is 12.4. The number of aryl methyl sites for hydroxylation is 2. The van der Waals surface area contributed by atoms with Crippen molar-refractivity contribution in [2.45, 2.75) is 33.2 Å². The van der Waals surface area contributed by atoms with E-state index in [4.69, 9.17) is 16.3 Å². The standard InChI is InChI=1S/C17H20ClN3O3/c1-4-5-8-21-16(22)7-6-13(20-21)17(23)19-14-9-11(2)12(18)10-15(14)24-3/h6-7,9-10H,4-5,8H2,1-3H3,(H,19,23). The van der Waals surface area contributed by atoms with Crippen molar-refractivity contribution in [3.63, 3.8) is 0 Å². The molecule has 1 N–H and O–H groups in total. The van der Waals surface area contributed by atoms with E-state index in [0.717, 1.165) is 18.4 Å². The molecule has 0 radical (unpaired) electrons. The number of nitrogens with one attached hydrogen (secondary N) is 1. The molecule has 0 saturated carbocycles. The van der Waals surface area contributed by atoms with E-state index >= 15 is 0 Å². The maximum Gasteiger partial charge on any atom is 0.276 e. The summed E-state index contributed by atoms with van der Waals surface area (Å²) in [6.07, 6.45) is 1.76. The second kappa shape index (κ2) is 7.97. The van der Waals surface area contributed by atoms with Crippen molar-refractivity contribution in [2.75, 3.05) is 12.4 Å². The zero-order chi connectivity index (χ0) is 17.7. The van der Waals surface area contributed by atoms with Gasteiger partial charge < -0.3 is 10.1 Å². The molecular formula is C17H20ClN3O3. The minimum atomic E-state index is -0.416. The zero-order valence-electron chi connectivity index (χ0n) is 13.9. The third-order valence-electron chi connectivity index (χ3n) is 3.55. The average molecular weight is 350 g/mol. The molecule has 0 fully saturated rings. The number of methoxy groups -OCH3 is 1. The van der Waals surface area contributed by atoms with Crippen LogP contribution in [-0.4, -0.2) is 22.8 Å². The number of carbonyl (C=O) groups is 1. The van der Waals surface area contributed by atoms with E-state index in [2.05, 4.69) is 10.4 Å². The largest absolute Gasteiger partial charge is 0.495 e. The zero-order valence-corrected chi connectivity index (χ0v) is 14.7. The first-order valence-electron chi connectivity index (χ1n) is 7.70. The molecule has 0 bridgehead atoms. The van der Waals surface area contributed by atoms with Crippen molar-refractivity contribution in [1.82, 2.24) is 9.78 Å². The Bertz CT molecular complexity index is 802. The molecule has 1 amide bonds. The number of aromatic nitrogens is 2. The van der Waals surface area contributed by atoms with Gasteiger partial charge in [0.05, 0.1) is 12.8 Å². The number of hydrogen-bond acceptors (Lipinski definition) is 4. The van der Waals surface area contributed by atoms with Crippen LogP contribution < -0.4 is 15.6 Å². The monoisotopic (exact) mass is 349 g/mol. The van der Waals surface area contributed by atoms with Crippen molar-refractivity contribution in [2.24, 2.45) is 0 Å². The quantitative estimate of drug-likeness (QED) is 0.868. The number of carbonyl (C=O) groups excluding carboxylic acids is 1. The summed E-state index contributed by atoms with van der Waals surface area (Å²) in [7, 11) is 1.50. The molecule has 0 unspecified atom stereocenters. The topological polar surface area (TPSA) is 73.2 Å². The lowest BCUT2D eigenvalue weighted by atomic mass is 10.2. The molecule has 7 heteroatoms. The van der Waals surface area contributed by atoms with Gasteiger partial charge in [-0.05, 0) is 31.0 Å². The van der Waals surface area contributed by atoms with Crippen LogP contribution in [0, 0.1) is 6.92 Å². The summed E-state index contributed by atoms with van der Waals surface area (Å²) in [6.45, 7) is 4.34. The summed E-state index contributed by atoms with van der Waals surface area (Å²) in [5, 5.41) is 7.43. The Balaban J connectivity index is 2.27. The number of nitrogens with zero attached hydrogens (tertiary/aromatic N) is 2. The minimum Gasteiger partial charge on any atom is -0.495 e. The van der Waals surface area contributed by atoms with Gasteiger partial charge in [-0.1, -0.05) is 24.9 Å². The van der Waals surface area contributed by atoms with Gasteiger partial charge in [-0.2, -0.15) is 5.10 Å². The molecule has 0 aliphatic carbocycles. The summed E-state index contributed by atoms with van der Waals surface area (Å²) in [4.78, 5) is 24.2. The first kappa shape index (κ1) is 18.0. The van der Waals surface area contributed by atoms with Gasteiger partial charge in [-0.3, -0.25) is 9.59 Å². The highest BCUT2D eigenvalue weighted by atomic mass is 35.5. The smallest absolute Gasteiger partial charge is 0.276 e. The molecule has 1 aromatic carbocycles. The van der Waals surface area contributed by atoms with Crippen molar-refractivity contribution < 1.29 is 9.53 Å². The number of benzene rings is 1. The summed E-state index contributed by atoms with van der Waals surface area (Å²) in [6, 6.07) is 6.13. The van der Waals surface area contributed by atoms with E-state index in [1.165, 1.54) is 23.9 Å². The third kappa shape index (κ3) is 4.14. The number of anilines is 1. The van der Waals surface area contributed by atoms with Crippen molar-refractivity contribution in [3.05, 3.63) is 50.9 Å². The molecule has 0 atom stereocenters. The number of ether oxygens (including phenoxy) is 1. The van der Waals surface area contributed by atoms with Gasteiger partial charge in [0.25, 0.3) is 11.5 Å². The van der Waals surface area contributed by atoms with Gasteiger partial charge in [0, 0.05) is 23.7 Å². The van der Waals surface area contributed by atoms with Crippen LogP contribution in [-0.2, 0) is 6.54 Å². The van der Waals surface area contributed by atoms with E-state index in [0.29, 0.717) is 23.0 Å². The lowest BCUT2D eigenvalue weighted by Gasteiger charge is -2.12. The Hall–Kier alpha value is -2.34. The van der Waals surface area contributed by atoms with Crippen LogP contribution in [0.1, 0.15) is 35.8 Å². The molecule has 128 valence electrons. The second-order valence-electron chi connectivity index (χ2n) is 5.39. The van der Waals surface area contributed by atoms with Crippen LogP contribution >= 0.6 is 11.6 Å². The Morgan fingerprint density at radius 2 is 2.12 bits per heavy atom. The fourth-order valence-corrected chi connectivity index (χ4v) is 2.31. The van der Waals surface area contributed by atoms with E-state index in [1.807, 2.05) is 13.8 Å². The maximum atomic E-state index is 12.4. The number of hydrogen-bond donors (Lipinski definition) is 1. The van der Waals surface area contributed by atoms with Crippen molar-refractivity contribution in [1.29, 1.82) is 0 Å². The van der Waals surface area contributed by atoms with Gasteiger partial charge in [0.15, 0.2) is 0 Å². The number of halogens is 1. The van der Waals surface area contributed by atoms with Crippen LogP contribution in [0.15, 0.2) is 29.1 Å². The highest BCUT2D eigenvalue weighted by Crippen LogP contribution is 2.31. The summed E-state index contributed by atoms with van der Waals surface area (Å²) < 4.78 is 6.55. The summed E-state index contributed by atoms with van der Waals surface area (Å²) in [5.41, 5.74) is 1.26. The van der Waals surface area contributed by atoms with Crippen molar-refractivity contribution in [3.8, 4) is 5.75 Å². The first-order valence-corrected chi connectivity index (χ1v) is 8.07. The van der Waals surface area contributed by atoms with E-state index < -0.39 is 5.91 Å². The van der Waals surface area contributed by atoms with Crippen LogP contribution in [0.25, 0.3) is 0 Å². The molecule has 0 spiro atoms. The minimum absolute atomic E-state index is 0.167. The molecule has 6 nitrogen and oxygen atoms in total. The van der Waals surface area contributed by atoms with Gasteiger partial charge in [0.1, 0.15) is 11.4 Å². The van der Waals surface area contributed by atoms with E-state index in [9.17, 15) is 9.59 Å².